The number of unbranched alkanes of at least 4 members (excludes halogenated alkanes) is 3. The van der Waals surface area contributed by atoms with E-state index >= 15 is 0 Å². The van der Waals surface area contributed by atoms with Gasteiger partial charge in [0, 0.05) is 0 Å². The molecule has 0 unspecified atom stereocenters. The summed E-state index contributed by atoms with van der Waals surface area (Å²) in [7, 11) is 0. The van der Waals surface area contributed by atoms with Gasteiger partial charge in [-0.3, -0.25) is 0 Å². The maximum atomic E-state index is 5.41. The molecule has 0 atom stereocenters. The average Bonchev–Trinajstić information content (AvgIpc) is 2.21. The van der Waals surface area contributed by atoms with Crippen LogP contribution >= 0.6 is 0 Å². The van der Waals surface area contributed by atoms with Gasteiger partial charge in [-0.15, -0.1) is 0 Å². The average molecular weight is 201 g/mol. The normalized spacial score (nSPS) is 10.7. The van der Waals surface area contributed by atoms with Gasteiger partial charge >= 0.3 is 0 Å². The highest BCUT2D eigenvalue weighted by Crippen LogP contribution is 1.91. The number of hydrogen-bond acceptors (Lipinski definition) is 3. The Labute approximate surface area is 88.8 Å². The fraction of sp³-hybridized carbons (Fsp3) is 1.00. The highest BCUT2D eigenvalue weighted by molar-refractivity contribution is 4.51. The summed E-state index contributed by atoms with van der Waals surface area (Å²) in [6.07, 6.45) is 6.26. The Bertz CT molecular complexity index is 84.5. The lowest BCUT2D eigenvalue weighted by molar-refractivity contribution is 0.566. The van der Waals surface area contributed by atoms with Gasteiger partial charge in [-0.25, -0.2) is 0 Å². The molecule has 0 saturated carbocycles. The van der Waals surface area contributed by atoms with Gasteiger partial charge in [0.2, 0.25) is 0 Å². The summed E-state index contributed by atoms with van der Waals surface area (Å²) < 4.78 is 0. The predicted molar refractivity (Wildman–Crippen MR) is 63.6 cm³/mol. The summed E-state index contributed by atoms with van der Waals surface area (Å²) in [4.78, 5) is 0. The maximum absolute atomic E-state index is 5.41. The third-order valence-electron chi connectivity index (χ3n) is 2.26. The minimum absolute atomic E-state index is 0.836. The van der Waals surface area contributed by atoms with E-state index in [1.165, 1.54) is 32.1 Å². The Morgan fingerprint density at radius 1 is 0.786 bits per heavy atom. The quantitative estimate of drug-likeness (QED) is 0.439. The summed E-state index contributed by atoms with van der Waals surface area (Å²) in [5, 5.41) is 6.78. The molecule has 0 radical (unpaired) electrons. The molecule has 14 heavy (non-hydrogen) atoms. The van der Waals surface area contributed by atoms with Crippen LogP contribution in [-0.2, 0) is 0 Å². The highest BCUT2D eigenvalue weighted by atomic mass is 14.9. The molecule has 0 aromatic heterocycles. The molecule has 0 amide bonds. The van der Waals surface area contributed by atoms with Crippen molar-refractivity contribution in [1.29, 1.82) is 0 Å². The van der Waals surface area contributed by atoms with E-state index in [1.807, 2.05) is 0 Å². The second-order valence-electron chi connectivity index (χ2n) is 3.66. The summed E-state index contributed by atoms with van der Waals surface area (Å²) in [5.41, 5.74) is 5.41. The first-order valence-electron chi connectivity index (χ1n) is 6.03. The molecule has 0 rings (SSSR count). The molecule has 0 fully saturated rings. The van der Waals surface area contributed by atoms with Gasteiger partial charge in [-0.05, 0) is 58.4 Å². The van der Waals surface area contributed by atoms with Crippen LogP contribution in [0.25, 0.3) is 0 Å². The first kappa shape index (κ1) is 13.9. The van der Waals surface area contributed by atoms with Crippen molar-refractivity contribution in [1.82, 2.24) is 10.6 Å². The number of rotatable bonds is 11. The Hall–Kier alpha value is -0.120. The molecule has 0 aromatic rings. The van der Waals surface area contributed by atoms with E-state index < -0.39 is 0 Å². The van der Waals surface area contributed by atoms with Gasteiger partial charge in [0.15, 0.2) is 0 Å². The lowest BCUT2D eigenvalue weighted by Gasteiger charge is -2.04. The summed E-state index contributed by atoms with van der Waals surface area (Å²) in [6.45, 7) is 7.55. The first-order valence-corrected chi connectivity index (χ1v) is 6.03. The zero-order chi connectivity index (χ0) is 10.5. The molecule has 3 nitrogen and oxygen atoms in total. The minimum Gasteiger partial charge on any atom is -0.330 e. The third-order valence-corrected chi connectivity index (χ3v) is 2.26. The molecule has 0 heterocycles. The lowest BCUT2D eigenvalue weighted by Crippen LogP contribution is -2.19. The lowest BCUT2D eigenvalue weighted by atomic mass is 10.2. The third kappa shape index (κ3) is 11.9. The molecule has 0 aliphatic heterocycles. The van der Waals surface area contributed by atoms with Gasteiger partial charge in [-0.1, -0.05) is 13.3 Å². The zero-order valence-corrected chi connectivity index (χ0v) is 9.65. The van der Waals surface area contributed by atoms with Gasteiger partial charge in [0.25, 0.3) is 0 Å². The van der Waals surface area contributed by atoms with E-state index in [1.54, 1.807) is 0 Å². The standard InChI is InChI=1S/C11H27N3/c1-2-13-9-6-7-11-14-10-5-3-4-8-12/h13-14H,2-12H2,1H3. The Morgan fingerprint density at radius 2 is 1.36 bits per heavy atom. The van der Waals surface area contributed by atoms with Crippen molar-refractivity contribution in [2.45, 2.75) is 39.0 Å². The highest BCUT2D eigenvalue weighted by Gasteiger charge is 1.89. The van der Waals surface area contributed by atoms with Crippen molar-refractivity contribution in [3.05, 3.63) is 0 Å². The van der Waals surface area contributed by atoms with Crippen LogP contribution < -0.4 is 16.4 Å². The molecule has 0 aromatic carbocycles. The van der Waals surface area contributed by atoms with Gasteiger partial charge in [0.1, 0.15) is 0 Å². The van der Waals surface area contributed by atoms with Crippen LogP contribution in [0.3, 0.4) is 0 Å². The van der Waals surface area contributed by atoms with Crippen molar-refractivity contribution in [2.24, 2.45) is 5.73 Å². The second-order valence-corrected chi connectivity index (χ2v) is 3.66. The summed E-state index contributed by atoms with van der Waals surface area (Å²) in [6, 6.07) is 0. The zero-order valence-electron chi connectivity index (χ0n) is 9.65. The van der Waals surface area contributed by atoms with E-state index in [4.69, 9.17) is 5.73 Å². The van der Waals surface area contributed by atoms with E-state index in [-0.39, 0.29) is 0 Å². The van der Waals surface area contributed by atoms with E-state index in [9.17, 15) is 0 Å². The van der Waals surface area contributed by atoms with Crippen LogP contribution in [0.1, 0.15) is 39.0 Å². The van der Waals surface area contributed by atoms with Gasteiger partial charge in [-0.2, -0.15) is 0 Å². The molecule has 0 saturated heterocycles. The molecule has 0 spiro atoms. The van der Waals surface area contributed by atoms with Crippen LogP contribution in [-0.4, -0.2) is 32.7 Å². The van der Waals surface area contributed by atoms with Crippen molar-refractivity contribution < 1.29 is 0 Å². The van der Waals surface area contributed by atoms with Crippen molar-refractivity contribution in [3.8, 4) is 0 Å². The minimum atomic E-state index is 0.836. The Kier molecular flexibility index (Phi) is 12.8. The fourth-order valence-electron chi connectivity index (χ4n) is 1.37. The molecule has 0 bridgehead atoms. The van der Waals surface area contributed by atoms with Gasteiger partial charge < -0.3 is 16.4 Å². The second kappa shape index (κ2) is 12.9. The molecule has 86 valence electrons. The molecular weight excluding hydrogens is 174 g/mol. The molecule has 4 N–H and O–H groups in total. The van der Waals surface area contributed by atoms with E-state index in [0.717, 1.165) is 32.7 Å². The summed E-state index contributed by atoms with van der Waals surface area (Å²) >= 11 is 0. The van der Waals surface area contributed by atoms with Crippen molar-refractivity contribution in [3.63, 3.8) is 0 Å². The topological polar surface area (TPSA) is 50.1 Å². The first-order chi connectivity index (χ1) is 6.91. The molecule has 3 heteroatoms. The Morgan fingerprint density at radius 3 is 1.93 bits per heavy atom. The van der Waals surface area contributed by atoms with E-state index in [2.05, 4.69) is 17.6 Å². The number of nitrogens with one attached hydrogen (secondary N) is 2. The predicted octanol–water partition coefficient (Wildman–Crippen LogP) is 1.09. The number of nitrogens with two attached hydrogens (primary N) is 1. The van der Waals surface area contributed by atoms with E-state index in [0.29, 0.717) is 0 Å². The van der Waals surface area contributed by atoms with Gasteiger partial charge in [0.05, 0.1) is 0 Å². The van der Waals surface area contributed by atoms with Crippen molar-refractivity contribution in [2.75, 3.05) is 32.7 Å². The number of hydrogen-bond donors (Lipinski definition) is 3. The molecular formula is C11H27N3. The van der Waals surface area contributed by atoms with Crippen LogP contribution in [0.2, 0.25) is 0 Å². The SMILES string of the molecule is CCNCCCCNCCCCCN. The monoisotopic (exact) mass is 201 g/mol. The van der Waals surface area contributed by atoms with Crippen LogP contribution in [0.5, 0.6) is 0 Å². The van der Waals surface area contributed by atoms with Crippen LogP contribution in [0, 0.1) is 0 Å². The fourth-order valence-corrected chi connectivity index (χ4v) is 1.37. The molecule has 0 aliphatic carbocycles. The molecule has 0 aliphatic rings. The van der Waals surface area contributed by atoms with Crippen LogP contribution in [0.15, 0.2) is 0 Å². The smallest absolute Gasteiger partial charge is 0.00484 e. The Balaban J connectivity index is 2.78. The largest absolute Gasteiger partial charge is 0.330 e. The van der Waals surface area contributed by atoms with Crippen molar-refractivity contribution >= 4 is 0 Å². The maximum Gasteiger partial charge on any atom is -0.00484 e. The van der Waals surface area contributed by atoms with Crippen LogP contribution in [0.4, 0.5) is 0 Å². The summed E-state index contributed by atoms with van der Waals surface area (Å²) in [5.74, 6) is 0.